The smallest absolute Gasteiger partial charge is 0.260 e. The molecular formula is C24H24N4O2S. The van der Waals surface area contributed by atoms with Gasteiger partial charge in [0.15, 0.2) is 10.9 Å². The van der Waals surface area contributed by atoms with E-state index in [9.17, 15) is 9.59 Å². The van der Waals surface area contributed by atoms with Gasteiger partial charge in [0.2, 0.25) is 0 Å². The second kappa shape index (κ2) is 8.81. The zero-order valence-corrected chi connectivity index (χ0v) is 18.6. The first-order valence-electron chi connectivity index (χ1n) is 10.2. The Morgan fingerprint density at radius 3 is 2.52 bits per heavy atom. The summed E-state index contributed by atoms with van der Waals surface area (Å²) in [5, 5.41) is 0.690. The number of rotatable bonds is 7. The van der Waals surface area contributed by atoms with Gasteiger partial charge < -0.3 is 4.57 Å². The monoisotopic (exact) mass is 432 g/mol. The Bertz CT molecular complexity index is 1230. The fraction of sp³-hybridized carbons (Fsp3) is 0.250. The molecule has 2 heterocycles. The number of thiazole rings is 1. The number of nitrogens with zero attached hydrogens (tertiary/aromatic N) is 4. The number of aromatic nitrogens is 3. The molecule has 4 rings (SSSR count). The summed E-state index contributed by atoms with van der Waals surface area (Å²) in [6, 6.07) is 11.0. The number of Topliss-reactive ketones (excluding diaryl/α,β-unsaturated/α-hetero) is 1. The first kappa shape index (κ1) is 20.9. The molecule has 0 unspecified atom stereocenters. The lowest BCUT2D eigenvalue weighted by atomic mass is 10.1. The number of amides is 1. The van der Waals surface area contributed by atoms with Gasteiger partial charge in [-0.3, -0.25) is 14.5 Å². The molecule has 158 valence electrons. The van der Waals surface area contributed by atoms with Gasteiger partial charge in [0, 0.05) is 36.6 Å². The quantitative estimate of drug-likeness (QED) is 0.383. The lowest BCUT2D eigenvalue weighted by Crippen LogP contribution is -2.32. The van der Waals surface area contributed by atoms with E-state index in [0.717, 1.165) is 34.3 Å². The molecule has 6 nitrogen and oxygen atoms in total. The average molecular weight is 433 g/mol. The first-order valence-corrected chi connectivity index (χ1v) is 11.0. The minimum Gasteiger partial charge on any atom is -0.337 e. The van der Waals surface area contributed by atoms with E-state index in [1.54, 1.807) is 53.0 Å². The summed E-state index contributed by atoms with van der Waals surface area (Å²) in [7, 11) is 0. The lowest BCUT2D eigenvalue weighted by Gasteiger charge is -2.20. The van der Waals surface area contributed by atoms with Gasteiger partial charge in [0.05, 0.1) is 16.5 Å². The van der Waals surface area contributed by atoms with Gasteiger partial charge in [-0.1, -0.05) is 29.5 Å². The highest BCUT2D eigenvalue weighted by Crippen LogP contribution is 2.33. The van der Waals surface area contributed by atoms with Crippen LogP contribution < -0.4 is 4.90 Å². The molecule has 0 aliphatic carbocycles. The van der Waals surface area contributed by atoms with E-state index in [0.29, 0.717) is 22.8 Å². The van der Waals surface area contributed by atoms with Crippen LogP contribution in [0.25, 0.3) is 10.2 Å². The van der Waals surface area contributed by atoms with Crippen molar-refractivity contribution in [2.45, 2.75) is 33.7 Å². The standard InChI is InChI=1S/C24H24N4O2S/c1-16-13-17(2)22-21(14-16)26-24(31-22)28(11-4-10-27-12-9-25-15-27)23(30)20-7-5-19(6-8-20)18(3)29/h5-9,12-15H,4,10-11H2,1-3H3. The first-order chi connectivity index (χ1) is 14.9. The Morgan fingerprint density at radius 2 is 1.84 bits per heavy atom. The van der Waals surface area contributed by atoms with Crippen LogP contribution in [0.4, 0.5) is 5.13 Å². The van der Waals surface area contributed by atoms with Crippen molar-refractivity contribution < 1.29 is 9.59 Å². The molecule has 0 aliphatic rings. The van der Waals surface area contributed by atoms with Crippen LogP contribution in [0.3, 0.4) is 0 Å². The third-order valence-electron chi connectivity index (χ3n) is 5.18. The largest absolute Gasteiger partial charge is 0.337 e. The molecule has 0 atom stereocenters. The number of anilines is 1. The summed E-state index contributed by atoms with van der Waals surface area (Å²) < 4.78 is 3.09. The minimum atomic E-state index is -0.117. The van der Waals surface area contributed by atoms with Crippen molar-refractivity contribution in [3.63, 3.8) is 0 Å². The Hall–Kier alpha value is -3.32. The SMILES string of the molecule is CC(=O)c1ccc(C(=O)N(CCCn2ccnc2)c2nc3cc(C)cc(C)c3s2)cc1. The summed E-state index contributed by atoms with van der Waals surface area (Å²) in [5.41, 5.74) is 4.36. The third kappa shape index (κ3) is 4.56. The fourth-order valence-electron chi connectivity index (χ4n) is 3.60. The van der Waals surface area contributed by atoms with Crippen molar-refractivity contribution in [3.8, 4) is 0 Å². The van der Waals surface area contributed by atoms with Gasteiger partial charge in [-0.15, -0.1) is 0 Å². The molecule has 0 N–H and O–H groups in total. The number of benzene rings is 2. The molecule has 0 fully saturated rings. The minimum absolute atomic E-state index is 0.0202. The summed E-state index contributed by atoms with van der Waals surface area (Å²) >= 11 is 1.54. The molecule has 4 aromatic rings. The summed E-state index contributed by atoms with van der Waals surface area (Å²) in [6.07, 6.45) is 6.20. The highest BCUT2D eigenvalue weighted by Gasteiger charge is 2.22. The van der Waals surface area contributed by atoms with Crippen molar-refractivity contribution in [2.75, 3.05) is 11.4 Å². The number of carbonyl (C=O) groups is 2. The fourth-order valence-corrected chi connectivity index (χ4v) is 4.64. The maximum atomic E-state index is 13.4. The van der Waals surface area contributed by atoms with Crippen molar-refractivity contribution in [1.29, 1.82) is 0 Å². The number of hydrogen-bond acceptors (Lipinski definition) is 5. The average Bonchev–Trinajstić information content (AvgIpc) is 3.40. The third-order valence-corrected chi connectivity index (χ3v) is 6.41. The zero-order valence-electron chi connectivity index (χ0n) is 17.8. The molecule has 7 heteroatoms. The Morgan fingerprint density at radius 1 is 1.10 bits per heavy atom. The van der Waals surface area contributed by atoms with Crippen LogP contribution in [-0.2, 0) is 6.54 Å². The Balaban J connectivity index is 1.65. The van der Waals surface area contributed by atoms with Gasteiger partial charge in [0.1, 0.15) is 0 Å². The van der Waals surface area contributed by atoms with E-state index in [1.165, 1.54) is 6.92 Å². The molecule has 0 bridgehead atoms. The van der Waals surface area contributed by atoms with Crippen LogP contribution in [0.1, 0.15) is 45.2 Å². The highest BCUT2D eigenvalue weighted by atomic mass is 32.1. The van der Waals surface area contributed by atoms with Crippen LogP contribution >= 0.6 is 11.3 Å². The zero-order chi connectivity index (χ0) is 22.0. The number of aryl methyl sites for hydroxylation is 3. The predicted molar refractivity (Wildman–Crippen MR) is 124 cm³/mol. The molecule has 0 saturated carbocycles. The van der Waals surface area contributed by atoms with E-state index in [4.69, 9.17) is 4.98 Å². The number of carbonyl (C=O) groups excluding carboxylic acids is 2. The van der Waals surface area contributed by atoms with Gasteiger partial charge in [-0.05, 0) is 56.5 Å². The van der Waals surface area contributed by atoms with E-state index >= 15 is 0 Å². The van der Waals surface area contributed by atoms with Crippen molar-refractivity contribution in [3.05, 3.63) is 77.4 Å². The number of fused-ring (bicyclic) bond motifs is 1. The molecular weight excluding hydrogens is 408 g/mol. The Labute approximate surface area is 185 Å². The predicted octanol–water partition coefficient (Wildman–Crippen LogP) is 5.05. The van der Waals surface area contributed by atoms with E-state index in [-0.39, 0.29) is 11.7 Å². The van der Waals surface area contributed by atoms with Gasteiger partial charge in [-0.25, -0.2) is 9.97 Å². The van der Waals surface area contributed by atoms with E-state index in [2.05, 4.69) is 31.0 Å². The van der Waals surface area contributed by atoms with Crippen LogP contribution in [-0.4, -0.2) is 32.8 Å². The van der Waals surface area contributed by atoms with Crippen molar-refractivity contribution in [1.82, 2.24) is 14.5 Å². The van der Waals surface area contributed by atoms with E-state index < -0.39 is 0 Å². The second-order valence-corrected chi connectivity index (χ2v) is 8.65. The van der Waals surface area contributed by atoms with Crippen LogP contribution in [0, 0.1) is 13.8 Å². The second-order valence-electron chi connectivity index (χ2n) is 7.67. The molecule has 2 aromatic carbocycles. The van der Waals surface area contributed by atoms with E-state index in [1.807, 2.05) is 10.8 Å². The maximum absolute atomic E-state index is 13.4. The normalized spacial score (nSPS) is 11.1. The summed E-state index contributed by atoms with van der Waals surface area (Å²) in [4.78, 5) is 35.6. The molecule has 1 amide bonds. The molecule has 0 radical (unpaired) electrons. The van der Waals surface area contributed by atoms with Gasteiger partial charge in [0.25, 0.3) is 5.91 Å². The van der Waals surface area contributed by atoms with Gasteiger partial charge in [-0.2, -0.15) is 0 Å². The highest BCUT2D eigenvalue weighted by molar-refractivity contribution is 7.22. The van der Waals surface area contributed by atoms with Crippen LogP contribution in [0.2, 0.25) is 0 Å². The van der Waals surface area contributed by atoms with Crippen LogP contribution in [0.5, 0.6) is 0 Å². The Kier molecular flexibility index (Phi) is 5.95. The number of imidazole rings is 1. The lowest BCUT2D eigenvalue weighted by molar-refractivity contribution is 0.0982. The molecule has 2 aromatic heterocycles. The van der Waals surface area contributed by atoms with Crippen molar-refractivity contribution in [2.24, 2.45) is 0 Å². The van der Waals surface area contributed by atoms with Gasteiger partial charge >= 0.3 is 0 Å². The topological polar surface area (TPSA) is 68.1 Å². The van der Waals surface area contributed by atoms with Crippen LogP contribution in [0.15, 0.2) is 55.1 Å². The number of ketones is 1. The molecule has 31 heavy (non-hydrogen) atoms. The molecule has 0 spiro atoms. The number of hydrogen-bond donors (Lipinski definition) is 0. The summed E-state index contributed by atoms with van der Waals surface area (Å²) in [5.74, 6) is -0.137. The molecule has 0 saturated heterocycles. The maximum Gasteiger partial charge on any atom is 0.260 e. The summed E-state index contributed by atoms with van der Waals surface area (Å²) in [6.45, 7) is 6.93. The van der Waals surface area contributed by atoms with Crippen molar-refractivity contribution >= 4 is 38.4 Å². The molecule has 0 aliphatic heterocycles.